The molecule has 10 nitrogen and oxygen atoms in total. The van der Waals surface area contributed by atoms with Crippen molar-refractivity contribution in [3.63, 3.8) is 0 Å². The highest BCUT2D eigenvalue weighted by Crippen LogP contribution is 2.46. The van der Waals surface area contributed by atoms with Gasteiger partial charge in [0, 0.05) is 35.3 Å². The van der Waals surface area contributed by atoms with Crippen molar-refractivity contribution in [3.8, 4) is 45.6 Å². The minimum absolute atomic E-state index is 0.285. The summed E-state index contributed by atoms with van der Waals surface area (Å²) in [5.74, 6) is 1.49. The summed E-state index contributed by atoms with van der Waals surface area (Å²) in [5, 5.41) is 6.67. The first-order chi connectivity index (χ1) is 21.2. The van der Waals surface area contributed by atoms with E-state index in [9.17, 15) is 4.79 Å². The fraction of sp³-hybridized carbons (Fsp3) is 0.265. The van der Waals surface area contributed by atoms with E-state index < -0.39 is 17.2 Å². The predicted molar refractivity (Wildman–Crippen MR) is 168 cm³/mol. The molecule has 1 aliphatic heterocycles. The number of anilines is 2. The fourth-order valence-corrected chi connectivity index (χ4v) is 5.90. The largest absolute Gasteiger partial charge is 0.467 e. The van der Waals surface area contributed by atoms with Crippen molar-refractivity contribution >= 4 is 17.6 Å². The Morgan fingerprint density at radius 3 is 2.39 bits per heavy atom. The molecule has 4 heterocycles. The minimum Gasteiger partial charge on any atom is -0.467 e. The Morgan fingerprint density at radius 1 is 0.955 bits per heavy atom. The lowest BCUT2D eigenvalue weighted by Gasteiger charge is -2.43. The molecule has 1 aliphatic carbocycles. The molecule has 44 heavy (non-hydrogen) atoms. The third kappa shape index (κ3) is 4.82. The lowest BCUT2D eigenvalue weighted by atomic mass is 9.71. The van der Waals surface area contributed by atoms with Crippen LogP contribution in [-0.4, -0.2) is 43.3 Å². The lowest BCUT2D eigenvalue weighted by Crippen LogP contribution is -2.52. The number of carbonyl (C=O) groups excluding carboxylic acids is 1. The van der Waals surface area contributed by atoms with Gasteiger partial charge in [-0.1, -0.05) is 36.4 Å². The second-order valence-electron chi connectivity index (χ2n) is 12.1. The number of hydrogen-bond donors (Lipinski definition) is 2. The van der Waals surface area contributed by atoms with Gasteiger partial charge in [0.15, 0.2) is 5.82 Å². The molecule has 3 aromatic heterocycles. The number of aromatic nitrogens is 5. The topological polar surface area (TPSA) is 116 Å². The fourth-order valence-electron chi connectivity index (χ4n) is 5.90. The molecule has 0 unspecified atom stereocenters. The third-order valence-electron chi connectivity index (χ3n) is 8.07. The number of ether oxygens (including phenoxy) is 2. The van der Waals surface area contributed by atoms with Gasteiger partial charge in [0.1, 0.15) is 17.1 Å². The van der Waals surface area contributed by atoms with Crippen molar-refractivity contribution in [1.82, 2.24) is 29.8 Å². The van der Waals surface area contributed by atoms with Crippen LogP contribution in [0.15, 0.2) is 79.3 Å². The number of nitrogens with one attached hydrogen (secondary N) is 2. The van der Waals surface area contributed by atoms with Gasteiger partial charge in [-0.25, -0.2) is 24.7 Å². The molecule has 2 aromatic carbocycles. The van der Waals surface area contributed by atoms with Gasteiger partial charge in [0.25, 0.3) is 0 Å². The van der Waals surface area contributed by atoms with Crippen LogP contribution in [0.25, 0.3) is 39.6 Å². The molecule has 1 fully saturated rings. The molecule has 0 saturated heterocycles. The molecule has 2 N–H and O–H groups in total. The van der Waals surface area contributed by atoms with Gasteiger partial charge < -0.3 is 20.1 Å². The number of methoxy groups -OCH3 is 1. The van der Waals surface area contributed by atoms with Gasteiger partial charge in [-0.15, -0.1) is 0 Å². The van der Waals surface area contributed by atoms with Crippen LogP contribution in [0.2, 0.25) is 0 Å². The molecule has 10 heteroatoms. The highest BCUT2D eigenvalue weighted by Gasteiger charge is 2.41. The molecular weight excluding hydrogens is 554 g/mol. The van der Waals surface area contributed by atoms with Gasteiger partial charge in [-0.2, -0.15) is 0 Å². The predicted octanol–water partition coefficient (Wildman–Crippen LogP) is 7.03. The molecule has 0 spiro atoms. The summed E-state index contributed by atoms with van der Waals surface area (Å²) in [6, 6.07) is 20.7. The van der Waals surface area contributed by atoms with Crippen LogP contribution in [0.1, 0.15) is 45.6 Å². The van der Waals surface area contributed by atoms with Crippen molar-refractivity contribution < 1.29 is 14.3 Å². The standard InChI is InChI=1S/C34H33N7O3/c1-33(2,3)44-32(42)40-34(16-8-17-34)23-14-12-21(13-15-23)28-27(22-19-36-31(43-4)37-20-22)39-30-24-9-5-6-10-25(24)38-29-26(41(28)30)11-7-18-35-29/h5-7,9-15,18-20H,8,16-17H2,1-4H3,(H,35,38)(H,40,42). The smallest absolute Gasteiger partial charge is 0.408 e. The van der Waals surface area contributed by atoms with Gasteiger partial charge >= 0.3 is 12.1 Å². The summed E-state index contributed by atoms with van der Waals surface area (Å²) in [6.45, 7) is 5.61. The zero-order valence-electron chi connectivity index (χ0n) is 25.1. The Balaban J connectivity index is 1.39. The molecular formula is C34H33N7O3. The lowest BCUT2D eigenvalue weighted by molar-refractivity contribution is 0.0377. The number of amides is 1. The monoisotopic (exact) mass is 587 g/mol. The number of benzene rings is 2. The molecule has 2 aliphatic rings. The van der Waals surface area contributed by atoms with E-state index in [2.05, 4.69) is 60.5 Å². The molecule has 1 saturated carbocycles. The van der Waals surface area contributed by atoms with Gasteiger partial charge in [-0.05, 0) is 69.9 Å². The van der Waals surface area contributed by atoms with Crippen LogP contribution in [0.3, 0.4) is 0 Å². The average Bonchev–Trinajstić information content (AvgIpc) is 3.33. The highest BCUT2D eigenvalue weighted by molar-refractivity contribution is 5.90. The van der Waals surface area contributed by atoms with Crippen molar-refractivity contribution in [1.29, 1.82) is 0 Å². The van der Waals surface area contributed by atoms with Crippen LogP contribution in [0.5, 0.6) is 6.01 Å². The van der Waals surface area contributed by atoms with Crippen LogP contribution in [-0.2, 0) is 10.3 Å². The average molecular weight is 588 g/mol. The quantitative estimate of drug-likeness (QED) is 0.221. The summed E-state index contributed by atoms with van der Waals surface area (Å²) in [5.41, 5.74) is 6.03. The number of imidazole rings is 1. The van der Waals surface area contributed by atoms with Gasteiger partial charge in [-0.3, -0.25) is 4.57 Å². The van der Waals surface area contributed by atoms with Crippen molar-refractivity contribution in [3.05, 3.63) is 84.8 Å². The number of alkyl carbamates (subject to hydrolysis) is 1. The maximum atomic E-state index is 12.8. The van der Waals surface area contributed by atoms with Crippen LogP contribution in [0.4, 0.5) is 16.3 Å². The van der Waals surface area contributed by atoms with E-state index in [1.807, 2.05) is 51.1 Å². The van der Waals surface area contributed by atoms with Crippen LogP contribution < -0.4 is 15.4 Å². The van der Waals surface area contributed by atoms with Gasteiger partial charge in [0.2, 0.25) is 0 Å². The van der Waals surface area contributed by atoms with E-state index in [0.717, 1.165) is 75.9 Å². The third-order valence-corrected chi connectivity index (χ3v) is 8.07. The van der Waals surface area contributed by atoms with E-state index in [4.69, 9.17) is 14.5 Å². The van der Waals surface area contributed by atoms with Crippen molar-refractivity contribution in [2.45, 2.75) is 51.2 Å². The Kier molecular flexibility index (Phi) is 6.57. The summed E-state index contributed by atoms with van der Waals surface area (Å²) in [4.78, 5) is 31.4. The normalized spacial score (nSPS) is 14.5. The molecule has 0 radical (unpaired) electrons. The second kappa shape index (κ2) is 10.5. The molecule has 0 bridgehead atoms. The summed E-state index contributed by atoms with van der Waals surface area (Å²) >= 11 is 0. The second-order valence-corrected chi connectivity index (χ2v) is 12.1. The molecule has 7 rings (SSSR count). The maximum absolute atomic E-state index is 12.8. The number of pyridine rings is 1. The SMILES string of the molecule is COc1ncc(-c2nc3n(c2-c2ccc(C4(NC(=O)OC(C)(C)C)CCC4)cc2)-c2cccnc2Nc2ccccc2-3)cn1. The zero-order valence-corrected chi connectivity index (χ0v) is 25.1. The Morgan fingerprint density at radius 2 is 1.70 bits per heavy atom. The van der Waals surface area contributed by atoms with Crippen LogP contribution >= 0.6 is 0 Å². The number of para-hydroxylation sites is 1. The first-order valence-corrected chi connectivity index (χ1v) is 14.7. The van der Waals surface area contributed by atoms with E-state index in [-0.39, 0.29) is 6.01 Å². The zero-order chi connectivity index (χ0) is 30.5. The number of fused-ring (bicyclic) bond motifs is 5. The summed E-state index contributed by atoms with van der Waals surface area (Å²) < 4.78 is 13.0. The Hall–Kier alpha value is -5.25. The summed E-state index contributed by atoms with van der Waals surface area (Å²) in [6.07, 6.45) is 7.57. The maximum Gasteiger partial charge on any atom is 0.408 e. The van der Waals surface area contributed by atoms with Crippen molar-refractivity contribution in [2.75, 3.05) is 12.4 Å². The number of rotatable bonds is 5. The number of nitrogens with zero attached hydrogens (tertiary/aromatic N) is 5. The minimum atomic E-state index is -0.571. The van der Waals surface area contributed by atoms with E-state index in [1.165, 1.54) is 0 Å². The van der Waals surface area contributed by atoms with Crippen LogP contribution in [0, 0.1) is 0 Å². The summed E-state index contributed by atoms with van der Waals surface area (Å²) in [7, 11) is 1.54. The number of hydrogen-bond acceptors (Lipinski definition) is 8. The van der Waals surface area contributed by atoms with E-state index in [1.54, 1.807) is 25.7 Å². The Bertz CT molecular complexity index is 1850. The van der Waals surface area contributed by atoms with E-state index in [0.29, 0.717) is 0 Å². The highest BCUT2D eigenvalue weighted by atomic mass is 16.6. The van der Waals surface area contributed by atoms with Gasteiger partial charge in [0.05, 0.1) is 29.7 Å². The Labute approximate surface area is 255 Å². The molecule has 222 valence electrons. The first kappa shape index (κ1) is 27.6. The molecule has 0 atom stereocenters. The molecule has 5 aromatic rings. The van der Waals surface area contributed by atoms with Crippen molar-refractivity contribution in [2.24, 2.45) is 0 Å². The van der Waals surface area contributed by atoms with E-state index >= 15 is 0 Å². The first-order valence-electron chi connectivity index (χ1n) is 14.7. The molecule has 1 amide bonds. The number of carbonyl (C=O) groups is 1.